The van der Waals surface area contributed by atoms with E-state index in [1.807, 2.05) is 6.07 Å². The lowest BCUT2D eigenvalue weighted by molar-refractivity contribution is -0.120. The third kappa shape index (κ3) is 2.73. The normalized spacial score (nSPS) is 10.7. The van der Waals surface area contributed by atoms with Gasteiger partial charge in [0.1, 0.15) is 0 Å². The van der Waals surface area contributed by atoms with Gasteiger partial charge in [0.15, 0.2) is 5.65 Å². The number of rotatable bonds is 5. The first-order valence-corrected chi connectivity index (χ1v) is 6.27. The quantitative estimate of drug-likeness (QED) is 0.745. The molecule has 2 aromatic rings. The van der Waals surface area contributed by atoms with Crippen molar-refractivity contribution in [3.05, 3.63) is 34.9 Å². The first-order valence-electron chi connectivity index (χ1n) is 5.64. The van der Waals surface area contributed by atoms with Crippen LogP contribution < -0.4 is 11.0 Å². The Morgan fingerprint density at radius 3 is 3.00 bits per heavy atom. The molecular formula is C11H14N4O2S. The summed E-state index contributed by atoms with van der Waals surface area (Å²) in [6.07, 6.45) is 2.05. The van der Waals surface area contributed by atoms with Gasteiger partial charge in [-0.15, -0.1) is 5.10 Å². The number of carbonyl (C=O) groups excluding carboxylic acids is 1. The van der Waals surface area contributed by atoms with Crippen molar-refractivity contribution in [2.75, 3.05) is 12.3 Å². The minimum absolute atomic E-state index is 0.0678. The molecule has 0 spiro atoms. The number of fused-ring (bicyclic) bond motifs is 1. The number of nitrogens with zero attached hydrogens (tertiary/aromatic N) is 3. The molecule has 0 aliphatic carbocycles. The molecule has 0 aromatic carbocycles. The predicted octanol–water partition coefficient (Wildman–Crippen LogP) is -0.0679. The number of thiol groups is 1. The highest BCUT2D eigenvalue weighted by Gasteiger charge is 2.05. The number of nitrogens with one attached hydrogen (secondary N) is 1. The van der Waals surface area contributed by atoms with Crippen LogP contribution in [0.25, 0.3) is 5.65 Å². The van der Waals surface area contributed by atoms with Crippen molar-refractivity contribution in [3.63, 3.8) is 0 Å². The van der Waals surface area contributed by atoms with E-state index in [0.717, 1.165) is 0 Å². The minimum Gasteiger partial charge on any atom is -0.354 e. The van der Waals surface area contributed by atoms with Crippen LogP contribution in [0.4, 0.5) is 0 Å². The maximum Gasteiger partial charge on any atom is 0.350 e. The van der Waals surface area contributed by atoms with Gasteiger partial charge in [0.2, 0.25) is 5.91 Å². The van der Waals surface area contributed by atoms with Crippen LogP contribution in [0.1, 0.15) is 6.42 Å². The first-order chi connectivity index (χ1) is 8.72. The molecule has 0 fully saturated rings. The van der Waals surface area contributed by atoms with Crippen LogP contribution in [0.2, 0.25) is 0 Å². The summed E-state index contributed by atoms with van der Waals surface area (Å²) >= 11 is 3.97. The highest BCUT2D eigenvalue weighted by Crippen LogP contribution is 1.94. The lowest BCUT2D eigenvalue weighted by atomic mass is 10.4. The Hall–Kier alpha value is -1.76. The predicted molar refractivity (Wildman–Crippen MR) is 70.9 cm³/mol. The lowest BCUT2D eigenvalue weighted by Crippen LogP contribution is -2.31. The molecule has 1 amide bonds. The average Bonchev–Trinajstić information content (AvgIpc) is 2.68. The fourth-order valence-electron chi connectivity index (χ4n) is 1.60. The van der Waals surface area contributed by atoms with Crippen molar-refractivity contribution in [3.8, 4) is 0 Å². The summed E-state index contributed by atoms with van der Waals surface area (Å²) in [5.41, 5.74) is 0.401. The third-order valence-corrected chi connectivity index (χ3v) is 2.70. The van der Waals surface area contributed by atoms with Gasteiger partial charge < -0.3 is 5.32 Å². The molecule has 0 bridgehead atoms. The molecule has 0 saturated carbocycles. The molecule has 2 heterocycles. The number of hydrogen-bond acceptors (Lipinski definition) is 4. The molecule has 0 unspecified atom stereocenters. The summed E-state index contributed by atoms with van der Waals surface area (Å²) in [6.45, 7) is 0.745. The fraction of sp³-hybridized carbons (Fsp3) is 0.364. The molecule has 1 N–H and O–H groups in total. The number of hydrogen-bond donors (Lipinski definition) is 2. The summed E-state index contributed by atoms with van der Waals surface area (Å²) in [7, 11) is 0. The van der Waals surface area contributed by atoms with Crippen LogP contribution >= 0.6 is 12.6 Å². The van der Waals surface area contributed by atoms with Crippen LogP contribution in [0, 0.1) is 0 Å². The van der Waals surface area contributed by atoms with Crippen molar-refractivity contribution in [2.24, 2.45) is 0 Å². The first kappa shape index (κ1) is 12.7. The number of amides is 1. The Balaban J connectivity index is 2.02. The SMILES string of the molecule is O=C(CCS)NCCn1nc2ccccn2c1=O. The summed E-state index contributed by atoms with van der Waals surface area (Å²) < 4.78 is 2.81. The summed E-state index contributed by atoms with van der Waals surface area (Å²) in [4.78, 5) is 23.1. The van der Waals surface area contributed by atoms with E-state index >= 15 is 0 Å². The number of aromatic nitrogens is 3. The summed E-state index contributed by atoms with van der Waals surface area (Å²) in [5.74, 6) is 0.446. The zero-order chi connectivity index (χ0) is 13.0. The molecule has 18 heavy (non-hydrogen) atoms. The highest BCUT2D eigenvalue weighted by atomic mass is 32.1. The highest BCUT2D eigenvalue weighted by molar-refractivity contribution is 7.80. The number of pyridine rings is 1. The van der Waals surface area contributed by atoms with E-state index in [0.29, 0.717) is 30.9 Å². The lowest BCUT2D eigenvalue weighted by Gasteiger charge is -2.02. The maximum absolute atomic E-state index is 11.9. The fourth-order valence-corrected chi connectivity index (χ4v) is 1.81. The molecule has 0 saturated heterocycles. The van der Waals surface area contributed by atoms with Gasteiger partial charge in [0.05, 0.1) is 6.54 Å². The van der Waals surface area contributed by atoms with E-state index < -0.39 is 0 Å². The third-order valence-electron chi connectivity index (χ3n) is 2.47. The van der Waals surface area contributed by atoms with Gasteiger partial charge in [-0.05, 0) is 17.9 Å². The van der Waals surface area contributed by atoms with Crippen molar-refractivity contribution < 1.29 is 4.79 Å². The van der Waals surface area contributed by atoms with Gasteiger partial charge >= 0.3 is 5.69 Å². The standard InChI is InChI=1S/C11H14N4O2S/c16-10(4-8-18)12-5-7-15-11(17)14-6-2-1-3-9(14)13-15/h1-3,6,18H,4-5,7-8H2,(H,12,16). The molecule has 7 heteroatoms. The van der Waals surface area contributed by atoms with E-state index in [1.165, 1.54) is 9.08 Å². The van der Waals surface area contributed by atoms with Crippen LogP contribution in [-0.4, -0.2) is 32.4 Å². The van der Waals surface area contributed by atoms with Crippen molar-refractivity contribution in [1.82, 2.24) is 19.5 Å². The average molecular weight is 266 g/mol. The molecule has 2 rings (SSSR count). The Kier molecular flexibility index (Phi) is 4.03. The van der Waals surface area contributed by atoms with E-state index in [4.69, 9.17) is 0 Å². The van der Waals surface area contributed by atoms with Crippen molar-refractivity contribution >= 4 is 24.2 Å². The van der Waals surface area contributed by atoms with Crippen molar-refractivity contribution in [2.45, 2.75) is 13.0 Å². The van der Waals surface area contributed by atoms with Crippen LogP contribution in [0.3, 0.4) is 0 Å². The van der Waals surface area contributed by atoms with Gasteiger partial charge in [-0.1, -0.05) is 6.07 Å². The summed E-state index contributed by atoms with van der Waals surface area (Å²) in [5, 5.41) is 6.86. The Morgan fingerprint density at radius 2 is 2.28 bits per heavy atom. The molecule has 0 atom stereocenters. The second-order valence-electron chi connectivity index (χ2n) is 3.76. The van der Waals surface area contributed by atoms with Crippen LogP contribution in [0.15, 0.2) is 29.2 Å². The molecule has 96 valence electrons. The largest absolute Gasteiger partial charge is 0.354 e. The second-order valence-corrected chi connectivity index (χ2v) is 4.21. The Bertz CT molecular complexity index is 604. The van der Waals surface area contributed by atoms with Gasteiger partial charge in [0, 0.05) is 19.2 Å². The van der Waals surface area contributed by atoms with Gasteiger partial charge in [-0.2, -0.15) is 12.6 Å². The minimum atomic E-state index is -0.200. The zero-order valence-electron chi connectivity index (χ0n) is 9.74. The smallest absolute Gasteiger partial charge is 0.350 e. The molecule has 0 radical (unpaired) electrons. The maximum atomic E-state index is 11.9. The van der Waals surface area contributed by atoms with Gasteiger partial charge in [0.25, 0.3) is 0 Å². The molecular weight excluding hydrogens is 252 g/mol. The zero-order valence-corrected chi connectivity index (χ0v) is 10.6. The van der Waals surface area contributed by atoms with E-state index in [1.54, 1.807) is 18.3 Å². The van der Waals surface area contributed by atoms with Crippen molar-refractivity contribution in [1.29, 1.82) is 0 Å². The van der Waals surface area contributed by atoms with E-state index in [-0.39, 0.29) is 11.6 Å². The Labute approximate surface area is 109 Å². The Morgan fingerprint density at radius 1 is 1.44 bits per heavy atom. The van der Waals surface area contributed by atoms with Crippen LogP contribution in [-0.2, 0) is 11.3 Å². The summed E-state index contributed by atoms with van der Waals surface area (Å²) in [6, 6.07) is 5.35. The molecule has 0 aliphatic rings. The van der Waals surface area contributed by atoms with E-state index in [2.05, 4.69) is 23.0 Å². The number of carbonyl (C=O) groups is 1. The molecule has 2 aromatic heterocycles. The van der Waals surface area contributed by atoms with Crippen LogP contribution in [0.5, 0.6) is 0 Å². The molecule has 0 aliphatic heterocycles. The monoisotopic (exact) mass is 266 g/mol. The topological polar surface area (TPSA) is 68.4 Å². The molecule has 6 nitrogen and oxygen atoms in total. The van der Waals surface area contributed by atoms with Gasteiger partial charge in [-0.25, -0.2) is 9.48 Å². The van der Waals surface area contributed by atoms with E-state index in [9.17, 15) is 9.59 Å². The second kappa shape index (κ2) is 5.72. The van der Waals surface area contributed by atoms with Gasteiger partial charge in [-0.3, -0.25) is 9.20 Å².